The molecular formula is C17H17NO3. The fourth-order valence-electron chi connectivity index (χ4n) is 2.46. The first-order chi connectivity index (χ1) is 10.1. The van der Waals surface area contributed by atoms with Gasteiger partial charge >= 0.3 is 0 Å². The van der Waals surface area contributed by atoms with Crippen molar-refractivity contribution in [2.75, 3.05) is 7.11 Å². The van der Waals surface area contributed by atoms with Gasteiger partial charge in [-0.05, 0) is 31.2 Å². The molecule has 3 rings (SSSR count). The van der Waals surface area contributed by atoms with Gasteiger partial charge in [-0.3, -0.25) is 0 Å². The van der Waals surface area contributed by atoms with Crippen LogP contribution in [0.5, 0.6) is 5.75 Å². The van der Waals surface area contributed by atoms with Crippen molar-refractivity contribution in [1.82, 2.24) is 0 Å². The SMILES string of the molecule is COc1ccccc1[C@@]1(O)OC(c2ccccc2)=N[C@@H]1C. The van der Waals surface area contributed by atoms with E-state index in [9.17, 15) is 5.11 Å². The predicted octanol–water partition coefficient (Wildman–Crippen LogP) is 2.71. The number of para-hydroxylation sites is 1. The van der Waals surface area contributed by atoms with Gasteiger partial charge in [-0.1, -0.05) is 30.3 Å². The summed E-state index contributed by atoms with van der Waals surface area (Å²) in [5.74, 6) is -0.495. The Labute approximate surface area is 123 Å². The lowest BCUT2D eigenvalue weighted by molar-refractivity contribution is -0.153. The van der Waals surface area contributed by atoms with Gasteiger partial charge in [0.1, 0.15) is 11.8 Å². The molecule has 0 aliphatic carbocycles. The van der Waals surface area contributed by atoms with Crippen molar-refractivity contribution in [3.05, 3.63) is 65.7 Å². The first-order valence-electron chi connectivity index (χ1n) is 6.83. The third kappa shape index (κ3) is 2.28. The second-order valence-electron chi connectivity index (χ2n) is 4.98. The molecule has 0 aromatic heterocycles. The monoisotopic (exact) mass is 283 g/mol. The number of rotatable bonds is 3. The van der Waals surface area contributed by atoms with E-state index in [0.717, 1.165) is 5.56 Å². The Morgan fingerprint density at radius 1 is 1.10 bits per heavy atom. The second-order valence-corrected chi connectivity index (χ2v) is 4.98. The van der Waals surface area contributed by atoms with Crippen LogP contribution in [0, 0.1) is 0 Å². The minimum Gasteiger partial charge on any atom is -0.496 e. The van der Waals surface area contributed by atoms with Gasteiger partial charge in [-0.15, -0.1) is 0 Å². The lowest BCUT2D eigenvalue weighted by Gasteiger charge is -2.27. The topological polar surface area (TPSA) is 51.0 Å². The lowest BCUT2D eigenvalue weighted by atomic mass is 9.99. The average molecular weight is 283 g/mol. The quantitative estimate of drug-likeness (QED) is 0.942. The highest BCUT2D eigenvalue weighted by Gasteiger charge is 2.46. The molecule has 0 radical (unpaired) electrons. The number of methoxy groups -OCH3 is 1. The molecule has 0 unspecified atom stereocenters. The van der Waals surface area contributed by atoms with Gasteiger partial charge in [0.2, 0.25) is 5.90 Å². The highest BCUT2D eigenvalue weighted by Crippen LogP contribution is 2.39. The van der Waals surface area contributed by atoms with E-state index in [-0.39, 0.29) is 0 Å². The van der Waals surface area contributed by atoms with E-state index in [4.69, 9.17) is 9.47 Å². The minimum absolute atomic E-state index is 0.427. The largest absolute Gasteiger partial charge is 0.496 e. The van der Waals surface area contributed by atoms with Gasteiger partial charge in [0.05, 0.1) is 12.7 Å². The molecule has 108 valence electrons. The van der Waals surface area contributed by atoms with Crippen LogP contribution < -0.4 is 4.74 Å². The molecule has 2 aromatic rings. The number of hydrogen-bond donors (Lipinski definition) is 1. The summed E-state index contributed by atoms with van der Waals surface area (Å²) in [6.45, 7) is 1.82. The van der Waals surface area contributed by atoms with Crippen molar-refractivity contribution < 1.29 is 14.6 Å². The Balaban J connectivity index is 1.98. The maximum Gasteiger partial charge on any atom is 0.262 e. The maximum absolute atomic E-state index is 11.0. The number of aliphatic imine (C=N–C) groups is 1. The van der Waals surface area contributed by atoms with Crippen LogP contribution in [0.2, 0.25) is 0 Å². The zero-order valence-electron chi connectivity index (χ0n) is 12.0. The van der Waals surface area contributed by atoms with E-state index in [1.165, 1.54) is 0 Å². The molecule has 21 heavy (non-hydrogen) atoms. The maximum atomic E-state index is 11.0. The van der Waals surface area contributed by atoms with E-state index >= 15 is 0 Å². The van der Waals surface area contributed by atoms with E-state index in [2.05, 4.69) is 4.99 Å². The Bertz CT molecular complexity index is 669. The lowest BCUT2D eigenvalue weighted by Crippen LogP contribution is -2.36. The van der Waals surface area contributed by atoms with Crippen molar-refractivity contribution in [2.45, 2.75) is 18.8 Å². The molecule has 0 bridgehead atoms. The molecule has 2 aromatic carbocycles. The van der Waals surface area contributed by atoms with E-state index in [1.807, 2.05) is 49.4 Å². The highest BCUT2D eigenvalue weighted by molar-refractivity contribution is 5.95. The van der Waals surface area contributed by atoms with E-state index in [0.29, 0.717) is 17.2 Å². The number of hydrogen-bond acceptors (Lipinski definition) is 4. The van der Waals surface area contributed by atoms with Crippen LogP contribution in [0.3, 0.4) is 0 Å². The number of benzene rings is 2. The van der Waals surface area contributed by atoms with Crippen molar-refractivity contribution in [3.8, 4) is 5.75 Å². The zero-order chi connectivity index (χ0) is 14.9. The number of aliphatic hydroxyl groups is 1. The molecular weight excluding hydrogens is 266 g/mol. The van der Waals surface area contributed by atoms with E-state index < -0.39 is 11.8 Å². The fourth-order valence-corrected chi connectivity index (χ4v) is 2.46. The molecule has 0 spiro atoms. The molecule has 0 amide bonds. The summed E-state index contributed by atoms with van der Waals surface area (Å²) in [5, 5.41) is 11.0. The van der Waals surface area contributed by atoms with Gasteiger partial charge in [0.25, 0.3) is 5.79 Å². The Hall–Kier alpha value is -2.33. The average Bonchev–Trinajstić information content (AvgIpc) is 2.85. The third-order valence-corrected chi connectivity index (χ3v) is 3.64. The first-order valence-corrected chi connectivity index (χ1v) is 6.83. The molecule has 4 heteroatoms. The molecule has 1 heterocycles. The van der Waals surface area contributed by atoms with Crippen molar-refractivity contribution in [3.63, 3.8) is 0 Å². The minimum atomic E-state index is -1.52. The van der Waals surface area contributed by atoms with Gasteiger partial charge < -0.3 is 14.6 Å². The number of ether oxygens (including phenoxy) is 2. The first kappa shape index (κ1) is 13.6. The predicted molar refractivity (Wildman–Crippen MR) is 80.4 cm³/mol. The standard InChI is InChI=1S/C17H17NO3/c1-12-17(19,14-10-6-7-11-15(14)20-2)21-16(18-12)13-8-4-3-5-9-13/h3-12,19H,1-2H3/t12-,17+/m1/s1. The van der Waals surface area contributed by atoms with E-state index in [1.54, 1.807) is 19.2 Å². The molecule has 1 aliphatic heterocycles. The van der Waals surface area contributed by atoms with Crippen LogP contribution in [0.15, 0.2) is 59.6 Å². The summed E-state index contributed by atoms with van der Waals surface area (Å²) in [4.78, 5) is 4.45. The Kier molecular flexibility index (Phi) is 3.39. The van der Waals surface area contributed by atoms with Crippen LogP contribution >= 0.6 is 0 Å². The van der Waals surface area contributed by atoms with Crippen LogP contribution in [-0.4, -0.2) is 24.2 Å². The van der Waals surface area contributed by atoms with Crippen LogP contribution in [0.4, 0.5) is 0 Å². The van der Waals surface area contributed by atoms with Crippen molar-refractivity contribution in [1.29, 1.82) is 0 Å². The Morgan fingerprint density at radius 3 is 2.48 bits per heavy atom. The molecule has 0 saturated heterocycles. The second kappa shape index (κ2) is 5.22. The van der Waals surface area contributed by atoms with Crippen molar-refractivity contribution >= 4 is 5.90 Å². The van der Waals surface area contributed by atoms with Gasteiger partial charge in [0.15, 0.2) is 0 Å². The number of nitrogens with zero attached hydrogens (tertiary/aromatic N) is 1. The van der Waals surface area contributed by atoms with Crippen LogP contribution in [-0.2, 0) is 10.5 Å². The molecule has 1 aliphatic rings. The summed E-state index contributed by atoms with van der Waals surface area (Å²) in [6.07, 6.45) is 0. The highest BCUT2D eigenvalue weighted by atomic mass is 16.6. The van der Waals surface area contributed by atoms with Crippen LogP contribution in [0.1, 0.15) is 18.1 Å². The fraction of sp³-hybridized carbons (Fsp3) is 0.235. The Morgan fingerprint density at radius 2 is 1.76 bits per heavy atom. The summed E-state index contributed by atoms with van der Waals surface area (Å²) >= 11 is 0. The van der Waals surface area contributed by atoms with Gasteiger partial charge in [-0.25, -0.2) is 4.99 Å². The van der Waals surface area contributed by atoms with Crippen molar-refractivity contribution in [2.24, 2.45) is 4.99 Å². The molecule has 0 fully saturated rings. The summed E-state index contributed by atoms with van der Waals surface area (Å²) in [5.41, 5.74) is 1.42. The molecule has 2 atom stereocenters. The summed E-state index contributed by atoms with van der Waals surface area (Å²) < 4.78 is 11.1. The molecule has 4 nitrogen and oxygen atoms in total. The summed E-state index contributed by atoms with van der Waals surface area (Å²) in [7, 11) is 1.57. The van der Waals surface area contributed by atoms with Crippen LogP contribution in [0.25, 0.3) is 0 Å². The van der Waals surface area contributed by atoms with Gasteiger partial charge in [0, 0.05) is 5.56 Å². The third-order valence-electron chi connectivity index (χ3n) is 3.64. The zero-order valence-corrected chi connectivity index (χ0v) is 12.0. The normalized spacial score (nSPS) is 24.3. The molecule has 1 N–H and O–H groups in total. The van der Waals surface area contributed by atoms with Gasteiger partial charge in [-0.2, -0.15) is 0 Å². The smallest absolute Gasteiger partial charge is 0.262 e. The molecule has 0 saturated carbocycles. The summed E-state index contributed by atoms with van der Waals surface area (Å²) in [6, 6.07) is 16.4.